The van der Waals surface area contributed by atoms with Crippen LogP contribution in [0.3, 0.4) is 0 Å². The summed E-state index contributed by atoms with van der Waals surface area (Å²) in [6, 6.07) is 9.33. The zero-order chi connectivity index (χ0) is 11.3. The molecular formula is C12H8BrNO2. The average Bonchev–Trinajstić information content (AvgIpc) is 2.57. The Bertz CT molecular complexity index is 755. The molecule has 1 aromatic carbocycles. The Kier molecular flexibility index (Phi) is 1.94. The normalized spacial score (nSPS) is 11.4. The van der Waals surface area contributed by atoms with Gasteiger partial charge in [-0.3, -0.25) is 0 Å². The van der Waals surface area contributed by atoms with Gasteiger partial charge in [-0.1, -0.05) is 12.1 Å². The average molecular weight is 278 g/mol. The van der Waals surface area contributed by atoms with Crippen LogP contribution in [0, 0.1) is 0 Å². The van der Waals surface area contributed by atoms with E-state index in [9.17, 15) is 4.79 Å². The number of benzene rings is 1. The summed E-state index contributed by atoms with van der Waals surface area (Å²) in [5, 5.41) is 1.55. The Morgan fingerprint density at radius 2 is 2.00 bits per heavy atom. The first-order valence-electron chi connectivity index (χ1n) is 4.85. The minimum atomic E-state index is -0.296. The smallest absolute Gasteiger partial charge is 0.345 e. The maximum Gasteiger partial charge on any atom is 0.345 e. The number of aryl methyl sites for hydroxylation is 1. The topological polar surface area (TPSA) is 35.1 Å². The first-order chi connectivity index (χ1) is 7.68. The van der Waals surface area contributed by atoms with E-state index < -0.39 is 0 Å². The van der Waals surface area contributed by atoms with Gasteiger partial charge in [-0.05, 0) is 34.1 Å². The number of hydrogen-bond donors (Lipinski definition) is 0. The van der Waals surface area contributed by atoms with Crippen LogP contribution < -0.4 is 5.63 Å². The summed E-state index contributed by atoms with van der Waals surface area (Å²) >= 11 is 3.41. The maximum atomic E-state index is 11.8. The lowest BCUT2D eigenvalue weighted by Gasteiger charge is -2.01. The minimum absolute atomic E-state index is 0.296. The summed E-state index contributed by atoms with van der Waals surface area (Å²) in [7, 11) is 1.91. The van der Waals surface area contributed by atoms with E-state index in [0.717, 1.165) is 15.5 Å². The third-order valence-electron chi connectivity index (χ3n) is 2.74. The molecular weight excluding hydrogens is 270 g/mol. The van der Waals surface area contributed by atoms with Gasteiger partial charge in [0.15, 0.2) is 0 Å². The van der Waals surface area contributed by atoms with Crippen LogP contribution in [-0.4, -0.2) is 4.57 Å². The molecule has 3 aromatic rings. The predicted molar refractivity (Wildman–Crippen MR) is 66.7 cm³/mol. The van der Waals surface area contributed by atoms with Gasteiger partial charge in [0.1, 0.15) is 5.58 Å². The zero-order valence-corrected chi connectivity index (χ0v) is 10.1. The molecule has 0 aliphatic rings. The lowest BCUT2D eigenvalue weighted by molar-refractivity contribution is 0.569. The molecule has 16 heavy (non-hydrogen) atoms. The standard InChI is InChI=1S/C12H8BrNO2/c1-14-10(13)6-8-11(14)7-4-2-3-5-9(7)16-12(8)15/h2-6H,1H3. The van der Waals surface area contributed by atoms with Crippen molar-refractivity contribution in [1.82, 2.24) is 4.57 Å². The van der Waals surface area contributed by atoms with Crippen molar-refractivity contribution in [2.24, 2.45) is 7.05 Å². The van der Waals surface area contributed by atoms with Crippen LogP contribution in [0.25, 0.3) is 21.9 Å². The first kappa shape index (κ1) is 9.66. The highest BCUT2D eigenvalue weighted by molar-refractivity contribution is 9.10. The van der Waals surface area contributed by atoms with Gasteiger partial charge in [0.25, 0.3) is 0 Å². The Morgan fingerprint density at radius 1 is 1.25 bits per heavy atom. The van der Waals surface area contributed by atoms with Crippen LogP contribution >= 0.6 is 15.9 Å². The second-order valence-electron chi connectivity index (χ2n) is 3.67. The third kappa shape index (κ3) is 1.16. The van der Waals surface area contributed by atoms with E-state index in [0.29, 0.717) is 11.0 Å². The first-order valence-corrected chi connectivity index (χ1v) is 5.64. The molecule has 4 heteroatoms. The van der Waals surface area contributed by atoms with E-state index in [1.807, 2.05) is 29.8 Å². The molecule has 0 atom stereocenters. The van der Waals surface area contributed by atoms with Gasteiger partial charge in [0, 0.05) is 12.4 Å². The molecule has 0 amide bonds. The predicted octanol–water partition coefficient (Wildman–Crippen LogP) is 3.05. The molecule has 3 nitrogen and oxygen atoms in total. The van der Waals surface area contributed by atoms with E-state index in [-0.39, 0.29) is 5.63 Å². The number of para-hydroxylation sites is 1. The molecule has 0 saturated carbocycles. The molecule has 80 valence electrons. The highest BCUT2D eigenvalue weighted by Gasteiger charge is 2.12. The Balaban J connectivity index is 2.73. The number of halogens is 1. The highest BCUT2D eigenvalue weighted by atomic mass is 79.9. The van der Waals surface area contributed by atoms with Gasteiger partial charge < -0.3 is 8.98 Å². The monoisotopic (exact) mass is 277 g/mol. The molecule has 0 aliphatic heterocycles. The zero-order valence-electron chi connectivity index (χ0n) is 8.53. The fraction of sp³-hybridized carbons (Fsp3) is 0.0833. The van der Waals surface area contributed by atoms with Gasteiger partial charge in [-0.15, -0.1) is 0 Å². The second kappa shape index (κ2) is 3.22. The number of fused-ring (bicyclic) bond motifs is 3. The van der Waals surface area contributed by atoms with E-state index >= 15 is 0 Å². The van der Waals surface area contributed by atoms with Crippen LogP contribution in [0.5, 0.6) is 0 Å². The van der Waals surface area contributed by atoms with Gasteiger partial charge in [0.05, 0.1) is 15.5 Å². The van der Waals surface area contributed by atoms with Crippen LogP contribution in [0.2, 0.25) is 0 Å². The number of rotatable bonds is 0. The van der Waals surface area contributed by atoms with Crippen LogP contribution in [0.1, 0.15) is 0 Å². The van der Waals surface area contributed by atoms with Crippen molar-refractivity contribution in [3.63, 3.8) is 0 Å². The summed E-state index contributed by atoms with van der Waals surface area (Å²) in [6.45, 7) is 0. The maximum absolute atomic E-state index is 11.8. The number of aromatic nitrogens is 1. The molecule has 0 fully saturated rings. The lowest BCUT2D eigenvalue weighted by atomic mass is 10.2. The summed E-state index contributed by atoms with van der Waals surface area (Å²) in [5.74, 6) is 0. The lowest BCUT2D eigenvalue weighted by Crippen LogP contribution is -1.99. The van der Waals surface area contributed by atoms with Gasteiger partial charge in [0.2, 0.25) is 0 Å². The Morgan fingerprint density at radius 3 is 2.81 bits per heavy atom. The molecule has 2 aromatic heterocycles. The molecule has 0 bridgehead atoms. The van der Waals surface area contributed by atoms with Crippen molar-refractivity contribution in [1.29, 1.82) is 0 Å². The second-order valence-corrected chi connectivity index (χ2v) is 4.49. The fourth-order valence-electron chi connectivity index (χ4n) is 1.96. The van der Waals surface area contributed by atoms with Gasteiger partial charge in [-0.2, -0.15) is 0 Å². The number of hydrogen-bond acceptors (Lipinski definition) is 2. The van der Waals surface area contributed by atoms with Crippen molar-refractivity contribution in [3.05, 3.63) is 45.4 Å². The molecule has 3 rings (SSSR count). The third-order valence-corrected chi connectivity index (χ3v) is 3.50. The Labute approximate surface area is 99.4 Å². The SMILES string of the molecule is Cn1c(Br)cc2c(=O)oc3ccccc3c21. The van der Waals surface area contributed by atoms with Crippen molar-refractivity contribution in [2.45, 2.75) is 0 Å². The van der Waals surface area contributed by atoms with Crippen LogP contribution in [-0.2, 0) is 7.05 Å². The van der Waals surface area contributed by atoms with Crippen LogP contribution in [0.4, 0.5) is 0 Å². The molecule has 0 aliphatic carbocycles. The summed E-state index contributed by atoms with van der Waals surface area (Å²) in [4.78, 5) is 11.8. The largest absolute Gasteiger partial charge is 0.422 e. The van der Waals surface area contributed by atoms with Crippen molar-refractivity contribution in [3.8, 4) is 0 Å². The van der Waals surface area contributed by atoms with E-state index in [1.54, 1.807) is 12.1 Å². The number of nitrogens with zero attached hydrogens (tertiary/aromatic N) is 1. The minimum Gasteiger partial charge on any atom is -0.422 e. The van der Waals surface area contributed by atoms with E-state index in [4.69, 9.17) is 4.42 Å². The van der Waals surface area contributed by atoms with E-state index in [1.165, 1.54) is 0 Å². The van der Waals surface area contributed by atoms with Crippen molar-refractivity contribution >= 4 is 37.8 Å². The molecule has 0 radical (unpaired) electrons. The quantitative estimate of drug-likeness (QED) is 0.592. The molecule has 0 N–H and O–H groups in total. The molecule has 0 unspecified atom stereocenters. The van der Waals surface area contributed by atoms with Crippen LogP contribution in [0.15, 0.2) is 44.1 Å². The van der Waals surface area contributed by atoms with Gasteiger partial charge in [-0.25, -0.2) is 4.79 Å². The fourth-order valence-corrected chi connectivity index (χ4v) is 2.37. The van der Waals surface area contributed by atoms with Gasteiger partial charge >= 0.3 is 5.63 Å². The summed E-state index contributed by atoms with van der Waals surface area (Å²) < 4.78 is 8.06. The summed E-state index contributed by atoms with van der Waals surface area (Å²) in [6.07, 6.45) is 0. The molecule has 2 heterocycles. The Hall–Kier alpha value is -1.55. The molecule has 0 spiro atoms. The van der Waals surface area contributed by atoms with Crippen molar-refractivity contribution in [2.75, 3.05) is 0 Å². The molecule has 0 saturated heterocycles. The van der Waals surface area contributed by atoms with E-state index in [2.05, 4.69) is 15.9 Å². The van der Waals surface area contributed by atoms with Crippen molar-refractivity contribution < 1.29 is 4.42 Å². The summed E-state index contributed by atoms with van der Waals surface area (Å²) in [5.41, 5.74) is 1.22. The highest BCUT2D eigenvalue weighted by Crippen LogP contribution is 2.27.